The molecule has 0 amide bonds. The number of para-hydroxylation sites is 1. The van der Waals surface area contributed by atoms with E-state index in [1.165, 1.54) is 65.7 Å². The van der Waals surface area contributed by atoms with Crippen LogP contribution in [0.15, 0.2) is 237 Å². The maximum Gasteiger partial charge on any atom is 0.202 e. The van der Waals surface area contributed by atoms with E-state index in [1.807, 2.05) is 24.3 Å². The van der Waals surface area contributed by atoms with Crippen molar-refractivity contribution in [3.8, 4) is 101 Å². The molecule has 0 aliphatic heterocycles. The van der Waals surface area contributed by atoms with Gasteiger partial charge in [0.2, 0.25) is 5.69 Å². The SMILES string of the molecule is [C-]#[N+]c1c(-c2ccc(-c3nc(-c4ccccc4)cc(-c4ccc(-c5ccc6c7c(cccc57)-c5ccccc5-6)cc4)n3)cc2)cccc1-c1cccc(-c2cc3ccccc3c3ccccc23)c1. The Morgan fingerprint density at radius 3 is 1.49 bits per heavy atom. The summed E-state index contributed by atoms with van der Waals surface area (Å²) in [4.78, 5) is 14.5. The quantitative estimate of drug-likeness (QED) is 0.118. The number of rotatable bonds is 7. The van der Waals surface area contributed by atoms with Gasteiger partial charge in [-0.25, -0.2) is 14.8 Å². The summed E-state index contributed by atoms with van der Waals surface area (Å²) in [6.07, 6.45) is 0. The molecule has 0 N–H and O–H groups in total. The van der Waals surface area contributed by atoms with E-state index in [2.05, 4.69) is 217 Å². The van der Waals surface area contributed by atoms with Gasteiger partial charge in [0.1, 0.15) is 0 Å². The van der Waals surface area contributed by atoms with E-state index in [4.69, 9.17) is 16.5 Å². The van der Waals surface area contributed by atoms with Gasteiger partial charge in [-0.3, -0.25) is 0 Å². The van der Waals surface area contributed by atoms with Gasteiger partial charge in [0.25, 0.3) is 0 Å². The van der Waals surface area contributed by atoms with Crippen molar-refractivity contribution in [1.82, 2.24) is 9.97 Å². The lowest BCUT2D eigenvalue weighted by Crippen LogP contribution is -1.96. The minimum Gasteiger partial charge on any atom is -0.237 e. The van der Waals surface area contributed by atoms with Crippen LogP contribution in [0.3, 0.4) is 0 Å². The molecule has 0 unspecified atom stereocenters. The van der Waals surface area contributed by atoms with Gasteiger partial charge in [0, 0.05) is 16.7 Å². The second-order valence-corrected chi connectivity index (χ2v) is 17.5. The number of fused-ring (bicyclic) bond motifs is 6. The van der Waals surface area contributed by atoms with Crippen LogP contribution < -0.4 is 0 Å². The Morgan fingerprint density at radius 1 is 0.279 bits per heavy atom. The molecule has 11 aromatic carbocycles. The van der Waals surface area contributed by atoms with Crippen LogP contribution >= 0.6 is 0 Å². The fraction of sp³-hybridized carbons (Fsp3) is 0. The molecule has 0 bridgehead atoms. The number of benzene rings is 11. The fourth-order valence-corrected chi connectivity index (χ4v) is 10.4. The highest BCUT2D eigenvalue weighted by atomic mass is 14.9. The van der Waals surface area contributed by atoms with Crippen molar-refractivity contribution in [1.29, 1.82) is 0 Å². The first-order chi connectivity index (χ1) is 33.7. The molecule has 68 heavy (non-hydrogen) atoms. The first-order valence-electron chi connectivity index (χ1n) is 23.0. The zero-order valence-electron chi connectivity index (χ0n) is 36.9. The van der Waals surface area contributed by atoms with Crippen LogP contribution in [0.4, 0.5) is 5.69 Å². The highest BCUT2D eigenvalue weighted by Gasteiger charge is 2.23. The topological polar surface area (TPSA) is 30.1 Å². The molecule has 0 fully saturated rings. The van der Waals surface area contributed by atoms with Crippen LogP contribution in [0.5, 0.6) is 0 Å². The molecule has 0 radical (unpaired) electrons. The average Bonchev–Trinajstić information content (AvgIpc) is 3.75. The summed E-state index contributed by atoms with van der Waals surface area (Å²) in [7, 11) is 0. The molecule has 1 aliphatic rings. The van der Waals surface area contributed by atoms with Crippen molar-refractivity contribution in [2.75, 3.05) is 0 Å². The number of aromatic nitrogens is 2. The maximum atomic E-state index is 8.47. The molecule has 0 saturated heterocycles. The van der Waals surface area contributed by atoms with Crippen molar-refractivity contribution < 1.29 is 0 Å². The molecule has 0 spiro atoms. The highest BCUT2D eigenvalue weighted by Crippen LogP contribution is 2.49. The summed E-state index contributed by atoms with van der Waals surface area (Å²) >= 11 is 0. The number of hydrogen-bond donors (Lipinski definition) is 0. The summed E-state index contributed by atoms with van der Waals surface area (Å²) in [6.45, 7) is 8.47. The third kappa shape index (κ3) is 6.50. The molecule has 0 saturated carbocycles. The van der Waals surface area contributed by atoms with Crippen molar-refractivity contribution >= 4 is 38.0 Å². The summed E-state index contributed by atoms with van der Waals surface area (Å²) < 4.78 is 0. The monoisotopic (exact) mass is 861 g/mol. The molecule has 13 rings (SSSR count). The molecule has 12 aromatic rings. The first kappa shape index (κ1) is 39.2. The third-order valence-corrected chi connectivity index (χ3v) is 13.7. The summed E-state index contributed by atoms with van der Waals surface area (Å²) in [5, 5.41) is 7.48. The molecule has 3 nitrogen and oxygen atoms in total. The maximum absolute atomic E-state index is 8.47. The van der Waals surface area contributed by atoms with Crippen LogP contribution in [0.25, 0.3) is 138 Å². The van der Waals surface area contributed by atoms with E-state index >= 15 is 0 Å². The zero-order valence-corrected chi connectivity index (χ0v) is 36.9. The largest absolute Gasteiger partial charge is 0.237 e. The minimum absolute atomic E-state index is 0.621. The Balaban J connectivity index is 0.843. The molecular weight excluding hydrogens is 823 g/mol. The van der Waals surface area contributed by atoms with E-state index in [-0.39, 0.29) is 0 Å². The predicted molar refractivity (Wildman–Crippen MR) is 283 cm³/mol. The van der Waals surface area contributed by atoms with Gasteiger partial charge in [-0.05, 0) is 117 Å². The smallest absolute Gasteiger partial charge is 0.202 e. The lowest BCUT2D eigenvalue weighted by atomic mass is 9.90. The number of nitrogens with zero attached hydrogens (tertiary/aromatic N) is 3. The molecule has 314 valence electrons. The van der Waals surface area contributed by atoms with Gasteiger partial charge >= 0.3 is 0 Å². The Labute approximate surface area is 394 Å². The third-order valence-electron chi connectivity index (χ3n) is 13.7. The molecule has 0 atom stereocenters. The Kier molecular flexibility index (Phi) is 9.23. The molecule has 1 heterocycles. The van der Waals surface area contributed by atoms with Gasteiger partial charge in [0.15, 0.2) is 5.82 Å². The van der Waals surface area contributed by atoms with Crippen LogP contribution in [0.1, 0.15) is 0 Å². The normalized spacial score (nSPS) is 11.5. The van der Waals surface area contributed by atoms with Crippen molar-refractivity contribution in [2.24, 2.45) is 0 Å². The van der Waals surface area contributed by atoms with Crippen LogP contribution in [0, 0.1) is 6.57 Å². The lowest BCUT2D eigenvalue weighted by Gasteiger charge is -2.14. The van der Waals surface area contributed by atoms with Crippen LogP contribution in [-0.2, 0) is 0 Å². The van der Waals surface area contributed by atoms with E-state index in [9.17, 15) is 0 Å². The molecule has 1 aliphatic carbocycles. The van der Waals surface area contributed by atoms with Gasteiger partial charge < -0.3 is 0 Å². The summed E-state index contributed by atoms with van der Waals surface area (Å²) in [5.74, 6) is 0.640. The first-order valence-corrected chi connectivity index (χ1v) is 23.0. The molecular formula is C65H39N3. The van der Waals surface area contributed by atoms with E-state index in [1.54, 1.807) is 0 Å². The van der Waals surface area contributed by atoms with Gasteiger partial charge in [-0.1, -0.05) is 218 Å². The highest BCUT2D eigenvalue weighted by molar-refractivity contribution is 6.19. The van der Waals surface area contributed by atoms with E-state index < -0.39 is 0 Å². The van der Waals surface area contributed by atoms with Gasteiger partial charge in [-0.2, -0.15) is 0 Å². The van der Waals surface area contributed by atoms with Gasteiger partial charge in [-0.15, -0.1) is 0 Å². The molecule has 1 aromatic heterocycles. The second-order valence-electron chi connectivity index (χ2n) is 17.5. The predicted octanol–water partition coefficient (Wildman–Crippen LogP) is 17.8. The zero-order chi connectivity index (χ0) is 45.1. The number of hydrogen-bond acceptors (Lipinski definition) is 2. The van der Waals surface area contributed by atoms with E-state index in [0.29, 0.717) is 11.5 Å². The Morgan fingerprint density at radius 2 is 0.750 bits per heavy atom. The minimum atomic E-state index is 0.621. The Hall–Kier alpha value is -9.23. The standard InChI is InChI=1S/C65H39N3/c1-66-64-51(24-12-25-52(64)46-17-11-18-47(38-46)60-39-48-16-5-6-19-49(48)53-20-7-10-23-56(53)60)42-30-34-45(35-31-42)65-67-61(43-14-3-2-4-15-43)40-62(68-65)44-32-28-41(29-33-44)50-36-37-59-55-22-9-8-21-54(55)58-27-13-26-57(50)63(58)59/h2-40H. The second kappa shape index (κ2) is 16.0. The van der Waals surface area contributed by atoms with E-state index in [0.717, 1.165) is 61.5 Å². The summed E-state index contributed by atoms with van der Waals surface area (Å²) in [6, 6.07) is 83.7. The van der Waals surface area contributed by atoms with Crippen molar-refractivity contribution in [2.45, 2.75) is 0 Å². The summed E-state index contributed by atoms with van der Waals surface area (Å²) in [5.41, 5.74) is 18.9. The fourth-order valence-electron chi connectivity index (χ4n) is 10.4. The lowest BCUT2D eigenvalue weighted by molar-refractivity contribution is 1.18. The van der Waals surface area contributed by atoms with Gasteiger partial charge in [0.05, 0.1) is 18.0 Å². The van der Waals surface area contributed by atoms with Crippen LogP contribution in [0.2, 0.25) is 0 Å². The average molecular weight is 862 g/mol. The van der Waals surface area contributed by atoms with Crippen molar-refractivity contribution in [3.05, 3.63) is 248 Å². The van der Waals surface area contributed by atoms with Crippen molar-refractivity contribution in [3.63, 3.8) is 0 Å². The van der Waals surface area contributed by atoms with Crippen LogP contribution in [-0.4, -0.2) is 9.97 Å². The molecule has 3 heteroatoms. The Bertz CT molecular complexity index is 3980.